The van der Waals surface area contributed by atoms with E-state index in [0.29, 0.717) is 0 Å². The molecule has 0 nitrogen and oxygen atoms in total. The van der Waals surface area contributed by atoms with Crippen molar-refractivity contribution in [1.82, 2.24) is 0 Å². The van der Waals surface area contributed by atoms with Crippen LogP contribution < -0.4 is 0 Å². The average Bonchev–Trinajstić information content (AvgIpc) is 2.30. The van der Waals surface area contributed by atoms with Crippen molar-refractivity contribution in [3.05, 3.63) is 47.1 Å². The first kappa shape index (κ1) is 10.4. The summed E-state index contributed by atoms with van der Waals surface area (Å²) in [4.78, 5) is 0. The summed E-state index contributed by atoms with van der Waals surface area (Å²) in [6, 6.07) is 0. The zero-order chi connectivity index (χ0) is 10.7. The van der Waals surface area contributed by atoms with E-state index in [1.807, 2.05) is 6.08 Å². The lowest BCUT2D eigenvalue weighted by atomic mass is 9.88. The Labute approximate surface area is 90.9 Å². The Morgan fingerprint density at radius 3 is 2.40 bits per heavy atom. The van der Waals surface area contributed by atoms with E-state index in [-0.39, 0.29) is 0 Å². The van der Waals surface area contributed by atoms with Gasteiger partial charge in [-0.2, -0.15) is 0 Å². The maximum Gasteiger partial charge on any atom is 0.119 e. The number of allylic oxidation sites excluding steroid dienone is 8. The van der Waals surface area contributed by atoms with Crippen molar-refractivity contribution < 1.29 is 4.39 Å². The molecule has 0 aromatic carbocycles. The molecule has 0 saturated carbocycles. The van der Waals surface area contributed by atoms with Gasteiger partial charge in [-0.3, -0.25) is 0 Å². The molecule has 0 N–H and O–H groups in total. The second-order valence-electron chi connectivity index (χ2n) is 4.21. The van der Waals surface area contributed by atoms with Crippen LogP contribution in [0.5, 0.6) is 0 Å². The Morgan fingerprint density at radius 2 is 1.87 bits per heavy atom. The van der Waals surface area contributed by atoms with Gasteiger partial charge in [-0.25, -0.2) is 4.39 Å². The van der Waals surface area contributed by atoms with Crippen molar-refractivity contribution >= 4 is 0 Å². The second-order valence-corrected chi connectivity index (χ2v) is 4.21. The van der Waals surface area contributed by atoms with Gasteiger partial charge in [-0.05, 0) is 49.3 Å². The molecule has 80 valence electrons. The lowest BCUT2D eigenvalue weighted by molar-refractivity contribution is 0.401. The molecular weight excluding hydrogens is 187 g/mol. The van der Waals surface area contributed by atoms with E-state index in [2.05, 4.69) is 24.3 Å². The predicted octanol–water partition coefficient (Wildman–Crippen LogP) is 4.27. The predicted molar refractivity (Wildman–Crippen MR) is 62.4 cm³/mol. The van der Waals surface area contributed by atoms with Crippen molar-refractivity contribution in [1.29, 1.82) is 0 Å². The first-order valence-electron chi connectivity index (χ1n) is 5.67. The summed E-state index contributed by atoms with van der Waals surface area (Å²) in [7, 11) is 0. The molecule has 0 radical (unpaired) electrons. The number of hydrogen-bond donors (Lipinski definition) is 0. The highest BCUT2D eigenvalue weighted by Crippen LogP contribution is 2.30. The molecule has 0 amide bonds. The minimum Gasteiger partial charge on any atom is -0.243 e. The molecule has 2 aliphatic carbocycles. The minimum absolute atomic E-state index is 0.789. The largest absolute Gasteiger partial charge is 0.243 e. The molecule has 1 unspecified atom stereocenters. The van der Waals surface area contributed by atoms with Gasteiger partial charge in [0.1, 0.15) is 6.17 Å². The van der Waals surface area contributed by atoms with Gasteiger partial charge in [0.2, 0.25) is 0 Å². The summed E-state index contributed by atoms with van der Waals surface area (Å²) in [6.45, 7) is 1.62. The first-order chi connectivity index (χ1) is 7.27. The van der Waals surface area contributed by atoms with Crippen LogP contribution in [0.25, 0.3) is 0 Å². The Morgan fingerprint density at radius 1 is 1.07 bits per heavy atom. The summed E-state index contributed by atoms with van der Waals surface area (Å²) in [5.74, 6) is 0. The van der Waals surface area contributed by atoms with Crippen LogP contribution in [-0.2, 0) is 0 Å². The van der Waals surface area contributed by atoms with Crippen molar-refractivity contribution in [2.75, 3.05) is 0 Å². The summed E-state index contributed by atoms with van der Waals surface area (Å²) in [5, 5.41) is 0. The van der Waals surface area contributed by atoms with Gasteiger partial charge < -0.3 is 0 Å². The van der Waals surface area contributed by atoms with Crippen LogP contribution in [0.15, 0.2) is 47.1 Å². The van der Waals surface area contributed by atoms with Gasteiger partial charge in [-0.15, -0.1) is 0 Å². The highest BCUT2D eigenvalue weighted by molar-refractivity contribution is 5.41. The van der Waals surface area contributed by atoms with Crippen LogP contribution >= 0.6 is 0 Å². The number of hydrogen-bond acceptors (Lipinski definition) is 0. The van der Waals surface area contributed by atoms with E-state index in [0.717, 1.165) is 31.3 Å². The molecule has 1 heteroatoms. The Balaban J connectivity index is 2.13. The molecule has 0 aromatic rings. The SMILES string of the molecule is CC(F)C1=CC=C(C2=CC=CCC2)CC1. The van der Waals surface area contributed by atoms with Crippen LogP contribution in [-0.4, -0.2) is 6.17 Å². The van der Waals surface area contributed by atoms with E-state index >= 15 is 0 Å². The van der Waals surface area contributed by atoms with Crippen molar-refractivity contribution in [2.24, 2.45) is 0 Å². The lowest BCUT2D eigenvalue weighted by Crippen LogP contribution is -2.04. The summed E-state index contributed by atoms with van der Waals surface area (Å²) in [5.41, 5.74) is 3.76. The Bertz CT molecular complexity index is 354. The van der Waals surface area contributed by atoms with Gasteiger partial charge in [-0.1, -0.05) is 30.4 Å². The standard InChI is InChI=1S/C14H17F/c1-11(15)12-7-9-14(10-8-12)13-5-3-2-4-6-13/h2-3,5,7,9,11H,4,6,8,10H2,1H3. The topological polar surface area (TPSA) is 0 Å². The number of alkyl halides is 1. The van der Waals surface area contributed by atoms with E-state index < -0.39 is 6.17 Å². The van der Waals surface area contributed by atoms with E-state index in [1.54, 1.807) is 6.92 Å². The first-order valence-corrected chi connectivity index (χ1v) is 5.67. The number of halogens is 1. The molecule has 0 aromatic heterocycles. The summed E-state index contributed by atoms with van der Waals surface area (Å²) >= 11 is 0. The fourth-order valence-electron chi connectivity index (χ4n) is 2.12. The molecule has 2 rings (SSSR count). The minimum atomic E-state index is -0.789. The third-order valence-electron chi connectivity index (χ3n) is 3.12. The fraction of sp³-hybridized carbons (Fsp3) is 0.429. The molecule has 0 spiro atoms. The highest BCUT2D eigenvalue weighted by atomic mass is 19.1. The van der Waals surface area contributed by atoms with Crippen LogP contribution in [0.3, 0.4) is 0 Å². The average molecular weight is 204 g/mol. The summed E-state index contributed by atoms with van der Waals surface area (Å²) < 4.78 is 13.0. The third-order valence-corrected chi connectivity index (χ3v) is 3.12. The maximum atomic E-state index is 13.0. The van der Waals surface area contributed by atoms with E-state index in [9.17, 15) is 4.39 Å². The van der Waals surface area contributed by atoms with Crippen LogP contribution in [0.2, 0.25) is 0 Å². The van der Waals surface area contributed by atoms with Crippen molar-refractivity contribution in [3.8, 4) is 0 Å². The van der Waals surface area contributed by atoms with Crippen LogP contribution in [0.4, 0.5) is 4.39 Å². The molecule has 2 aliphatic rings. The molecule has 0 saturated heterocycles. The zero-order valence-corrected chi connectivity index (χ0v) is 9.17. The van der Waals surface area contributed by atoms with Gasteiger partial charge in [0.15, 0.2) is 0 Å². The van der Waals surface area contributed by atoms with Gasteiger partial charge in [0, 0.05) is 0 Å². The Kier molecular flexibility index (Phi) is 3.20. The van der Waals surface area contributed by atoms with Gasteiger partial charge in [0.05, 0.1) is 0 Å². The molecule has 0 heterocycles. The maximum absolute atomic E-state index is 13.0. The fourth-order valence-corrected chi connectivity index (χ4v) is 2.12. The Hall–Kier alpha value is -1.11. The van der Waals surface area contributed by atoms with Crippen molar-refractivity contribution in [2.45, 2.75) is 38.8 Å². The van der Waals surface area contributed by atoms with Gasteiger partial charge >= 0.3 is 0 Å². The van der Waals surface area contributed by atoms with E-state index in [1.165, 1.54) is 11.1 Å². The van der Waals surface area contributed by atoms with Gasteiger partial charge in [0.25, 0.3) is 0 Å². The molecule has 0 fully saturated rings. The quantitative estimate of drug-likeness (QED) is 0.630. The van der Waals surface area contributed by atoms with Crippen LogP contribution in [0, 0.1) is 0 Å². The molecule has 1 atom stereocenters. The second kappa shape index (κ2) is 4.61. The smallest absolute Gasteiger partial charge is 0.119 e. The normalized spacial score (nSPS) is 22.9. The lowest BCUT2D eigenvalue weighted by Gasteiger charge is -2.18. The molecule has 0 bridgehead atoms. The third kappa shape index (κ3) is 2.47. The van der Waals surface area contributed by atoms with Crippen molar-refractivity contribution in [3.63, 3.8) is 0 Å². The molecular formula is C14H17F. The number of rotatable bonds is 2. The monoisotopic (exact) mass is 204 g/mol. The molecule has 0 aliphatic heterocycles. The zero-order valence-electron chi connectivity index (χ0n) is 9.17. The van der Waals surface area contributed by atoms with E-state index in [4.69, 9.17) is 0 Å². The molecule has 15 heavy (non-hydrogen) atoms. The highest BCUT2D eigenvalue weighted by Gasteiger charge is 2.14. The summed E-state index contributed by atoms with van der Waals surface area (Å²) in [6.07, 6.45) is 13.9. The van der Waals surface area contributed by atoms with Crippen LogP contribution in [0.1, 0.15) is 32.6 Å².